The molecule has 0 aliphatic carbocycles. The maximum atomic E-state index is 13.7. The number of benzene rings is 1. The van der Waals surface area contributed by atoms with Crippen LogP contribution >= 0.6 is 11.6 Å². The lowest BCUT2D eigenvalue weighted by atomic mass is 10.2. The number of urea groups is 1. The lowest BCUT2D eigenvalue weighted by Gasteiger charge is -2.18. The molecule has 0 spiro atoms. The van der Waals surface area contributed by atoms with E-state index in [0.29, 0.717) is 16.5 Å². The minimum Gasteiger partial charge on any atom is -0.361 e. The highest BCUT2D eigenvalue weighted by atomic mass is 35.5. The number of aromatic nitrogens is 1. The minimum absolute atomic E-state index is 0.0786. The second-order valence-electron chi connectivity index (χ2n) is 4.64. The van der Waals surface area contributed by atoms with Gasteiger partial charge < -0.3 is 14.7 Å². The van der Waals surface area contributed by atoms with Crippen LogP contribution in [-0.4, -0.2) is 23.1 Å². The Morgan fingerprint density at radius 1 is 1.52 bits per heavy atom. The molecule has 21 heavy (non-hydrogen) atoms. The number of hydrogen-bond acceptors (Lipinski definition) is 3. The van der Waals surface area contributed by atoms with E-state index in [-0.39, 0.29) is 24.7 Å². The molecule has 1 heterocycles. The van der Waals surface area contributed by atoms with Crippen LogP contribution in [0.15, 0.2) is 28.8 Å². The summed E-state index contributed by atoms with van der Waals surface area (Å²) in [6.45, 7) is 2.09. The minimum atomic E-state index is -0.436. The number of aryl methyl sites for hydroxylation is 1. The summed E-state index contributed by atoms with van der Waals surface area (Å²) in [7, 11) is 1.56. The zero-order valence-electron chi connectivity index (χ0n) is 11.7. The van der Waals surface area contributed by atoms with Gasteiger partial charge in [0.15, 0.2) is 0 Å². The largest absolute Gasteiger partial charge is 0.361 e. The van der Waals surface area contributed by atoms with Crippen LogP contribution in [0.2, 0.25) is 5.02 Å². The van der Waals surface area contributed by atoms with Crippen LogP contribution in [0.1, 0.15) is 17.0 Å². The molecule has 0 atom stereocenters. The van der Waals surface area contributed by atoms with Crippen LogP contribution in [0.3, 0.4) is 0 Å². The molecule has 0 saturated heterocycles. The summed E-state index contributed by atoms with van der Waals surface area (Å²) in [5.74, 6) is 0.236. The van der Waals surface area contributed by atoms with Gasteiger partial charge in [-0.3, -0.25) is 0 Å². The smallest absolute Gasteiger partial charge is 0.317 e. The van der Waals surface area contributed by atoms with Crippen molar-refractivity contribution in [3.8, 4) is 0 Å². The predicted molar refractivity (Wildman–Crippen MR) is 76.4 cm³/mol. The van der Waals surface area contributed by atoms with E-state index in [9.17, 15) is 9.18 Å². The molecule has 0 radical (unpaired) electrons. The summed E-state index contributed by atoms with van der Waals surface area (Å²) in [4.78, 5) is 13.3. The second kappa shape index (κ2) is 6.58. The fraction of sp³-hybridized carbons (Fsp3) is 0.286. The van der Waals surface area contributed by atoms with Crippen LogP contribution in [-0.2, 0) is 13.1 Å². The van der Waals surface area contributed by atoms with Crippen LogP contribution in [0.4, 0.5) is 9.18 Å². The summed E-state index contributed by atoms with van der Waals surface area (Å²) >= 11 is 5.93. The van der Waals surface area contributed by atoms with Gasteiger partial charge in [-0.05, 0) is 19.1 Å². The van der Waals surface area contributed by atoms with Crippen LogP contribution < -0.4 is 5.32 Å². The molecule has 5 nitrogen and oxygen atoms in total. The van der Waals surface area contributed by atoms with E-state index in [4.69, 9.17) is 16.1 Å². The van der Waals surface area contributed by atoms with Gasteiger partial charge in [0.2, 0.25) is 0 Å². The van der Waals surface area contributed by atoms with Crippen molar-refractivity contribution in [1.82, 2.24) is 15.4 Å². The van der Waals surface area contributed by atoms with Crippen molar-refractivity contribution < 1.29 is 13.7 Å². The Hall–Kier alpha value is -2.08. The number of hydrogen-bond donors (Lipinski definition) is 1. The third-order valence-corrected chi connectivity index (χ3v) is 3.26. The Balaban J connectivity index is 1.93. The van der Waals surface area contributed by atoms with E-state index in [2.05, 4.69) is 10.5 Å². The van der Waals surface area contributed by atoms with E-state index in [1.54, 1.807) is 26.1 Å². The number of nitrogens with zero attached hydrogens (tertiary/aromatic N) is 2. The molecule has 1 aromatic heterocycles. The first kappa shape index (κ1) is 15.3. The van der Waals surface area contributed by atoms with Gasteiger partial charge in [-0.15, -0.1) is 0 Å². The summed E-state index contributed by atoms with van der Waals surface area (Å²) < 4.78 is 18.6. The quantitative estimate of drug-likeness (QED) is 0.944. The monoisotopic (exact) mass is 311 g/mol. The summed E-state index contributed by atoms with van der Waals surface area (Å²) in [6, 6.07) is 5.80. The average Bonchev–Trinajstić information content (AvgIpc) is 2.86. The maximum absolute atomic E-state index is 13.7. The van der Waals surface area contributed by atoms with E-state index in [1.165, 1.54) is 17.0 Å². The SMILES string of the molecule is Cc1cc(CNC(=O)N(C)Cc2c(F)cccc2Cl)no1. The van der Waals surface area contributed by atoms with Crippen molar-refractivity contribution in [1.29, 1.82) is 0 Å². The molecule has 1 N–H and O–H groups in total. The van der Waals surface area contributed by atoms with E-state index in [1.807, 2.05) is 0 Å². The highest BCUT2D eigenvalue weighted by Gasteiger charge is 2.14. The van der Waals surface area contributed by atoms with Crippen molar-refractivity contribution in [2.45, 2.75) is 20.0 Å². The normalized spacial score (nSPS) is 10.5. The van der Waals surface area contributed by atoms with Gasteiger partial charge in [0.05, 0.1) is 13.1 Å². The van der Waals surface area contributed by atoms with Gasteiger partial charge in [0.25, 0.3) is 0 Å². The molecule has 0 aliphatic heterocycles. The average molecular weight is 312 g/mol. The van der Waals surface area contributed by atoms with Gasteiger partial charge in [-0.1, -0.05) is 22.8 Å². The predicted octanol–water partition coefficient (Wildman–Crippen LogP) is 3.12. The molecular formula is C14H15ClFN3O2. The Morgan fingerprint density at radius 3 is 2.90 bits per heavy atom. The first-order chi connectivity index (χ1) is 9.97. The third kappa shape index (κ3) is 3.95. The van der Waals surface area contributed by atoms with Crippen molar-refractivity contribution in [2.75, 3.05) is 7.05 Å². The number of amides is 2. The van der Waals surface area contributed by atoms with Gasteiger partial charge in [0, 0.05) is 23.7 Å². The molecule has 112 valence electrons. The molecule has 1 aromatic carbocycles. The lowest BCUT2D eigenvalue weighted by molar-refractivity contribution is 0.205. The second-order valence-corrected chi connectivity index (χ2v) is 5.05. The van der Waals surface area contributed by atoms with E-state index in [0.717, 1.165) is 0 Å². The third-order valence-electron chi connectivity index (χ3n) is 2.90. The molecule has 7 heteroatoms. The fourth-order valence-corrected chi connectivity index (χ4v) is 2.02. The lowest BCUT2D eigenvalue weighted by Crippen LogP contribution is -2.36. The first-order valence-electron chi connectivity index (χ1n) is 6.31. The molecule has 0 aliphatic rings. The zero-order valence-corrected chi connectivity index (χ0v) is 12.4. The molecule has 2 rings (SSSR count). The molecule has 0 fully saturated rings. The van der Waals surface area contributed by atoms with E-state index >= 15 is 0 Å². The van der Waals surface area contributed by atoms with Crippen molar-refractivity contribution >= 4 is 17.6 Å². The van der Waals surface area contributed by atoms with Crippen LogP contribution in [0.25, 0.3) is 0 Å². The van der Waals surface area contributed by atoms with Gasteiger partial charge in [-0.2, -0.15) is 0 Å². The van der Waals surface area contributed by atoms with Gasteiger partial charge in [0.1, 0.15) is 17.3 Å². The highest BCUT2D eigenvalue weighted by Crippen LogP contribution is 2.20. The topological polar surface area (TPSA) is 58.4 Å². The van der Waals surface area contributed by atoms with Crippen LogP contribution in [0.5, 0.6) is 0 Å². The zero-order chi connectivity index (χ0) is 15.4. The Labute approximate surface area is 126 Å². The number of carbonyl (C=O) groups excluding carboxylic acids is 1. The molecular weight excluding hydrogens is 297 g/mol. The van der Waals surface area contributed by atoms with E-state index < -0.39 is 5.82 Å². The summed E-state index contributed by atoms with van der Waals surface area (Å²) in [5.41, 5.74) is 0.910. The summed E-state index contributed by atoms with van der Waals surface area (Å²) in [6.07, 6.45) is 0. The molecule has 2 amide bonds. The highest BCUT2D eigenvalue weighted by molar-refractivity contribution is 6.31. The molecule has 2 aromatic rings. The molecule has 0 bridgehead atoms. The Bertz CT molecular complexity index is 625. The number of carbonyl (C=O) groups is 1. The number of rotatable bonds is 4. The number of halogens is 2. The Kier molecular flexibility index (Phi) is 4.80. The standard InChI is InChI=1S/C14H15ClFN3O2/c1-9-6-10(18-21-9)7-17-14(20)19(2)8-11-12(15)4-3-5-13(11)16/h3-6H,7-8H2,1-2H3,(H,17,20). The first-order valence-corrected chi connectivity index (χ1v) is 6.69. The van der Waals surface area contributed by atoms with Crippen molar-refractivity contribution in [3.05, 3.63) is 52.1 Å². The van der Waals surface area contributed by atoms with Gasteiger partial charge in [-0.25, -0.2) is 9.18 Å². The van der Waals surface area contributed by atoms with Crippen LogP contribution in [0, 0.1) is 12.7 Å². The maximum Gasteiger partial charge on any atom is 0.317 e. The van der Waals surface area contributed by atoms with Crippen molar-refractivity contribution in [2.24, 2.45) is 0 Å². The Morgan fingerprint density at radius 2 is 2.29 bits per heavy atom. The molecule has 0 saturated carbocycles. The fourth-order valence-electron chi connectivity index (χ4n) is 1.79. The van der Waals surface area contributed by atoms with Gasteiger partial charge >= 0.3 is 6.03 Å². The summed E-state index contributed by atoms with van der Waals surface area (Å²) in [5, 5.41) is 6.73. The number of nitrogens with one attached hydrogen (secondary N) is 1. The van der Waals surface area contributed by atoms with Crippen molar-refractivity contribution in [3.63, 3.8) is 0 Å². The molecule has 0 unspecified atom stereocenters.